The highest BCUT2D eigenvalue weighted by Gasteiger charge is 2.11. The molecule has 132 valence electrons. The Morgan fingerprint density at radius 2 is 1.92 bits per heavy atom. The molecule has 24 heavy (non-hydrogen) atoms. The van der Waals surface area contributed by atoms with E-state index in [1.165, 1.54) is 7.11 Å². The molecule has 2 amide bonds. The van der Waals surface area contributed by atoms with Gasteiger partial charge in [0.2, 0.25) is 0 Å². The molecule has 0 aromatic heterocycles. The van der Waals surface area contributed by atoms with E-state index in [9.17, 15) is 14.4 Å². The summed E-state index contributed by atoms with van der Waals surface area (Å²) in [6.07, 6.45) is 0.857. The van der Waals surface area contributed by atoms with Gasteiger partial charge in [-0.2, -0.15) is 0 Å². The van der Waals surface area contributed by atoms with Gasteiger partial charge in [-0.05, 0) is 30.5 Å². The van der Waals surface area contributed by atoms with E-state index in [1.807, 2.05) is 0 Å². The number of hydrogen-bond acceptors (Lipinski definition) is 5. The SMILES string of the molecule is COc1cccc(C(=O)NCC(=O)OCC(=O)NCCC(C)C)c1. The number of benzene rings is 1. The highest BCUT2D eigenvalue weighted by atomic mass is 16.5. The quantitative estimate of drug-likeness (QED) is 0.659. The van der Waals surface area contributed by atoms with Crippen LogP contribution in [0, 0.1) is 5.92 Å². The van der Waals surface area contributed by atoms with Crippen LogP contribution in [0.1, 0.15) is 30.6 Å². The van der Waals surface area contributed by atoms with Crippen molar-refractivity contribution in [3.63, 3.8) is 0 Å². The van der Waals surface area contributed by atoms with Gasteiger partial charge in [0.25, 0.3) is 11.8 Å². The zero-order valence-electron chi connectivity index (χ0n) is 14.3. The summed E-state index contributed by atoms with van der Waals surface area (Å²) < 4.78 is 9.83. The zero-order valence-corrected chi connectivity index (χ0v) is 14.3. The fraction of sp³-hybridized carbons (Fsp3) is 0.471. The van der Waals surface area contributed by atoms with Crippen LogP contribution in [0.3, 0.4) is 0 Å². The van der Waals surface area contributed by atoms with Crippen molar-refractivity contribution in [2.75, 3.05) is 26.8 Å². The van der Waals surface area contributed by atoms with Crippen LogP contribution in [-0.4, -0.2) is 44.6 Å². The van der Waals surface area contributed by atoms with Crippen molar-refractivity contribution in [1.82, 2.24) is 10.6 Å². The molecule has 0 unspecified atom stereocenters. The van der Waals surface area contributed by atoms with E-state index in [2.05, 4.69) is 24.5 Å². The lowest BCUT2D eigenvalue weighted by atomic mass is 10.1. The first-order chi connectivity index (χ1) is 11.4. The summed E-state index contributed by atoms with van der Waals surface area (Å²) in [5, 5.41) is 5.09. The van der Waals surface area contributed by atoms with Gasteiger partial charge in [-0.1, -0.05) is 19.9 Å². The number of methoxy groups -OCH3 is 1. The van der Waals surface area contributed by atoms with Crippen molar-refractivity contribution in [2.24, 2.45) is 5.92 Å². The summed E-state index contributed by atoms with van der Waals surface area (Å²) >= 11 is 0. The summed E-state index contributed by atoms with van der Waals surface area (Å²) in [5.74, 6) is -0.427. The van der Waals surface area contributed by atoms with E-state index in [0.29, 0.717) is 23.8 Å². The molecule has 1 aromatic carbocycles. The van der Waals surface area contributed by atoms with Crippen molar-refractivity contribution >= 4 is 17.8 Å². The molecule has 0 bridgehead atoms. The van der Waals surface area contributed by atoms with Gasteiger partial charge in [0, 0.05) is 12.1 Å². The topological polar surface area (TPSA) is 93.7 Å². The Labute approximate surface area is 141 Å². The number of hydrogen-bond donors (Lipinski definition) is 2. The number of ether oxygens (including phenoxy) is 2. The van der Waals surface area contributed by atoms with Gasteiger partial charge in [0.05, 0.1) is 7.11 Å². The van der Waals surface area contributed by atoms with E-state index < -0.39 is 11.9 Å². The second kappa shape index (κ2) is 10.3. The van der Waals surface area contributed by atoms with E-state index in [1.54, 1.807) is 24.3 Å². The molecular formula is C17H24N2O5. The summed E-state index contributed by atoms with van der Waals surface area (Å²) in [6.45, 7) is 3.98. The number of nitrogens with one attached hydrogen (secondary N) is 2. The Morgan fingerprint density at radius 1 is 1.17 bits per heavy atom. The smallest absolute Gasteiger partial charge is 0.325 e. The Bertz CT molecular complexity index is 572. The molecule has 7 nitrogen and oxygen atoms in total. The third-order valence-corrected chi connectivity index (χ3v) is 3.13. The zero-order chi connectivity index (χ0) is 17.9. The van der Waals surface area contributed by atoms with Crippen LogP contribution < -0.4 is 15.4 Å². The molecule has 1 rings (SSSR count). The van der Waals surface area contributed by atoms with E-state index in [0.717, 1.165) is 6.42 Å². The van der Waals surface area contributed by atoms with Gasteiger partial charge in [-0.3, -0.25) is 14.4 Å². The maximum atomic E-state index is 11.9. The molecule has 0 spiro atoms. The minimum Gasteiger partial charge on any atom is -0.497 e. The van der Waals surface area contributed by atoms with Crippen LogP contribution in [0.25, 0.3) is 0 Å². The maximum Gasteiger partial charge on any atom is 0.325 e. The first-order valence-electron chi connectivity index (χ1n) is 7.77. The van der Waals surface area contributed by atoms with Crippen molar-refractivity contribution in [1.29, 1.82) is 0 Å². The molecule has 0 atom stereocenters. The molecule has 0 aliphatic heterocycles. The number of amides is 2. The molecular weight excluding hydrogens is 312 g/mol. The number of rotatable bonds is 9. The normalized spacial score (nSPS) is 10.2. The lowest BCUT2D eigenvalue weighted by molar-refractivity contribution is -0.147. The number of esters is 1. The number of carbonyl (C=O) groups is 3. The molecule has 7 heteroatoms. The highest BCUT2D eigenvalue weighted by Crippen LogP contribution is 2.12. The van der Waals surface area contributed by atoms with E-state index in [4.69, 9.17) is 9.47 Å². The summed E-state index contributed by atoms with van der Waals surface area (Å²) in [5.41, 5.74) is 0.369. The van der Waals surface area contributed by atoms with Crippen LogP contribution >= 0.6 is 0 Å². The summed E-state index contributed by atoms with van der Waals surface area (Å²) in [7, 11) is 1.50. The third kappa shape index (κ3) is 7.62. The lowest BCUT2D eigenvalue weighted by Crippen LogP contribution is -2.34. The van der Waals surface area contributed by atoms with Crippen LogP contribution in [0.2, 0.25) is 0 Å². The highest BCUT2D eigenvalue weighted by molar-refractivity contribution is 5.96. The molecule has 0 heterocycles. The lowest BCUT2D eigenvalue weighted by Gasteiger charge is -2.09. The minimum absolute atomic E-state index is 0.310. The summed E-state index contributed by atoms with van der Waals surface area (Å²) in [4.78, 5) is 34.9. The molecule has 0 radical (unpaired) electrons. The van der Waals surface area contributed by atoms with Crippen LogP contribution in [0.15, 0.2) is 24.3 Å². The van der Waals surface area contributed by atoms with Crippen molar-refractivity contribution < 1.29 is 23.9 Å². The average molecular weight is 336 g/mol. The summed E-state index contributed by atoms with van der Waals surface area (Å²) in [6, 6.07) is 6.55. The van der Waals surface area contributed by atoms with Crippen molar-refractivity contribution in [3.8, 4) is 5.75 Å². The molecule has 0 saturated heterocycles. The first-order valence-corrected chi connectivity index (χ1v) is 7.77. The van der Waals surface area contributed by atoms with Crippen molar-refractivity contribution in [2.45, 2.75) is 20.3 Å². The van der Waals surface area contributed by atoms with E-state index in [-0.39, 0.29) is 19.1 Å². The largest absolute Gasteiger partial charge is 0.497 e. The van der Waals surface area contributed by atoms with Gasteiger partial charge < -0.3 is 20.1 Å². The average Bonchev–Trinajstić information content (AvgIpc) is 2.57. The van der Waals surface area contributed by atoms with Gasteiger partial charge in [-0.15, -0.1) is 0 Å². The minimum atomic E-state index is -0.676. The fourth-order valence-corrected chi connectivity index (χ4v) is 1.77. The van der Waals surface area contributed by atoms with Crippen LogP contribution in [-0.2, 0) is 14.3 Å². The van der Waals surface area contributed by atoms with Crippen LogP contribution in [0.5, 0.6) is 5.75 Å². The van der Waals surface area contributed by atoms with Crippen LogP contribution in [0.4, 0.5) is 0 Å². The Balaban J connectivity index is 2.27. The monoisotopic (exact) mass is 336 g/mol. The first kappa shape index (κ1) is 19.5. The maximum absolute atomic E-state index is 11.9. The third-order valence-electron chi connectivity index (χ3n) is 3.13. The Kier molecular flexibility index (Phi) is 8.32. The molecule has 0 fully saturated rings. The number of carbonyl (C=O) groups excluding carboxylic acids is 3. The van der Waals surface area contributed by atoms with Gasteiger partial charge in [0.1, 0.15) is 12.3 Å². The van der Waals surface area contributed by atoms with E-state index >= 15 is 0 Å². The van der Waals surface area contributed by atoms with Gasteiger partial charge >= 0.3 is 5.97 Å². The Hall–Kier alpha value is -2.57. The molecule has 2 N–H and O–H groups in total. The standard InChI is InChI=1S/C17H24N2O5/c1-12(2)7-8-18-15(20)11-24-16(21)10-19-17(22)13-5-4-6-14(9-13)23-3/h4-6,9,12H,7-8,10-11H2,1-3H3,(H,18,20)(H,19,22). The second-order valence-corrected chi connectivity index (χ2v) is 5.61. The predicted molar refractivity (Wildman–Crippen MR) is 88.8 cm³/mol. The second-order valence-electron chi connectivity index (χ2n) is 5.61. The molecule has 1 aromatic rings. The van der Waals surface area contributed by atoms with Crippen molar-refractivity contribution in [3.05, 3.63) is 29.8 Å². The Morgan fingerprint density at radius 3 is 2.58 bits per heavy atom. The molecule has 0 aliphatic carbocycles. The predicted octanol–water partition coefficient (Wildman–Crippen LogP) is 1.13. The fourth-order valence-electron chi connectivity index (χ4n) is 1.77. The molecule has 0 aliphatic rings. The van der Waals surface area contributed by atoms with Gasteiger partial charge in [0.15, 0.2) is 6.61 Å². The molecule has 0 saturated carbocycles. The van der Waals surface area contributed by atoms with Gasteiger partial charge in [-0.25, -0.2) is 0 Å².